The first-order valence-corrected chi connectivity index (χ1v) is 2.10. The standard InChI is InChI=1S/C6H9N/c1-4-5-6(2)7-3/h5H,1H2,2-3H3. The first-order valence-electron chi connectivity index (χ1n) is 2.10. The zero-order valence-electron chi connectivity index (χ0n) is 4.73. The Bertz CT molecular complexity index is 116. The number of hydrogen-bond acceptors (Lipinski definition) is 1. The van der Waals surface area contributed by atoms with Crippen molar-refractivity contribution in [3.63, 3.8) is 0 Å². The summed E-state index contributed by atoms with van der Waals surface area (Å²) in [5.41, 5.74) is 3.57. The van der Waals surface area contributed by atoms with Gasteiger partial charge in [-0.3, -0.25) is 4.99 Å². The molecule has 0 aromatic carbocycles. The van der Waals surface area contributed by atoms with Gasteiger partial charge in [0, 0.05) is 18.8 Å². The van der Waals surface area contributed by atoms with E-state index >= 15 is 0 Å². The summed E-state index contributed by atoms with van der Waals surface area (Å²) in [6, 6.07) is 0. The van der Waals surface area contributed by atoms with Crippen molar-refractivity contribution in [2.75, 3.05) is 7.05 Å². The molecule has 7 heavy (non-hydrogen) atoms. The topological polar surface area (TPSA) is 12.4 Å². The number of aliphatic imine (C=N–C) groups is 1. The van der Waals surface area contributed by atoms with Crippen molar-refractivity contribution in [2.24, 2.45) is 4.99 Å². The number of nitrogens with zero attached hydrogens (tertiary/aromatic N) is 1. The van der Waals surface area contributed by atoms with E-state index in [9.17, 15) is 0 Å². The second kappa shape index (κ2) is 3.38. The highest BCUT2D eigenvalue weighted by Gasteiger charge is 1.70. The summed E-state index contributed by atoms with van der Waals surface area (Å²) >= 11 is 0. The highest BCUT2D eigenvalue weighted by atomic mass is 14.7. The van der Waals surface area contributed by atoms with E-state index < -0.39 is 0 Å². The number of rotatable bonds is 1. The number of hydrogen-bond donors (Lipinski definition) is 0. The van der Waals surface area contributed by atoms with Crippen LogP contribution in [-0.2, 0) is 0 Å². The third-order valence-corrected chi connectivity index (χ3v) is 0.664. The maximum Gasteiger partial charge on any atom is 0.0390 e. The van der Waals surface area contributed by atoms with Crippen molar-refractivity contribution in [2.45, 2.75) is 6.92 Å². The second-order valence-corrected chi connectivity index (χ2v) is 1.21. The lowest BCUT2D eigenvalue weighted by Gasteiger charge is -1.78. The molecule has 0 amide bonds. The molecular weight excluding hydrogens is 86.1 g/mol. The minimum Gasteiger partial charge on any atom is -0.293 e. The van der Waals surface area contributed by atoms with Gasteiger partial charge in [0.15, 0.2) is 0 Å². The minimum atomic E-state index is 0.954. The van der Waals surface area contributed by atoms with Crippen LogP contribution in [0.2, 0.25) is 0 Å². The van der Waals surface area contributed by atoms with Gasteiger partial charge in [-0.15, -0.1) is 5.73 Å². The van der Waals surface area contributed by atoms with Gasteiger partial charge in [0.2, 0.25) is 0 Å². The summed E-state index contributed by atoms with van der Waals surface area (Å²) in [5.74, 6) is 0. The summed E-state index contributed by atoms with van der Waals surface area (Å²) in [4.78, 5) is 3.84. The Kier molecular flexibility index (Phi) is 2.99. The van der Waals surface area contributed by atoms with E-state index in [0.717, 1.165) is 5.71 Å². The van der Waals surface area contributed by atoms with Crippen LogP contribution in [0.15, 0.2) is 23.4 Å². The van der Waals surface area contributed by atoms with E-state index in [-0.39, 0.29) is 0 Å². The highest BCUT2D eigenvalue weighted by molar-refractivity contribution is 5.92. The molecule has 0 saturated carbocycles. The molecule has 0 spiro atoms. The first kappa shape index (κ1) is 6.19. The van der Waals surface area contributed by atoms with Gasteiger partial charge in [-0.25, -0.2) is 0 Å². The van der Waals surface area contributed by atoms with Crippen LogP contribution in [0.3, 0.4) is 0 Å². The minimum absolute atomic E-state index is 0.954. The molecule has 1 heteroatoms. The SMILES string of the molecule is C=C=CC(C)=NC. The summed E-state index contributed by atoms with van der Waals surface area (Å²) in [6.07, 6.45) is 1.74. The van der Waals surface area contributed by atoms with Crippen molar-refractivity contribution >= 4 is 5.71 Å². The normalized spacial score (nSPS) is 10.3. The molecule has 0 aromatic heterocycles. The molecule has 0 N–H and O–H groups in total. The molecule has 1 nitrogen and oxygen atoms in total. The predicted octanol–water partition coefficient (Wildman–Crippen LogP) is 1.42. The van der Waals surface area contributed by atoms with E-state index in [2.05, 4.69) is 17.3 Å². The largest absolute Gasteiger partial charge is 0.293 e. The molecule has 0 unspecified atom stereocenters. The highest BCUT2D eigenvalue weighted by Crippen LogP contribution is 1.72. The van der Waals surface area contributed by atoms with E-state index in [1.165, 1.54) is 0 Å². The maximum atomic E-state index is 3.84. The van der Waals surface area contributed by atoms with Gasteiger partial charge in [0.1, 0.15) is 0 Å². The van der Waals surface area contributed by atoms with Crippen LogP contribution in [0.4, 0.5) is 0 Å². The molecule has 0 rings (SSSR count). The molecular formula is C6H9N. The van der Waals surface area contributed by atoms with E-state index in [0.29, 0.717) is 0 Å². The van der Waals surface area contributed by atoms with E-state index in [4.69, 9.17) is 0 Å². The molecule has 38 valence electrons. The zero-order valence-corrected chi connectivity index (χ0v) is 4.73. The molecule has 0 radical (unpaired) electrons. The Balaban J connectivity index is 3.82. The fourth-order valence-electron chi connectivity index (χ4n) is 0.212. The monoisotopic (exact) mass is 95.1 g/mol. The fraction of sp³-hybridized carbons (Fsp3) is 0.333. The average Bonchev–Trinajstić information content (AvgIpc) is 1.68. The Morgan fingerprint density at radius 1 is 1.86 bits per heavy atom. The van der Waals surface area contributed by atoms with Crippen LogP contribution in [0.1, 0.15) is 6.92 Å². The van der Waals surface area contributed by atoms with Crippen molar-refractivity contribution in [3.05, 3.63) is 18.4 Å². The fourth-order valence-corrected chi connectivity index (χ4v) is 0.212. The predicted molar refractivity (Wildman–Crippen MR) is 32.7 cm³/mol. The lowest BCUT2D eigenvalue weighted by molar-refractivity contribution is 1.43. The molecule has 0 fully saturated rings. The van der Waals surface area contributed by atoms with Gasteiger partial charge in [-0.05, 0) is 6.92 Å². The Labute approximate surface area is 44.1 Å². The van der Waals surface area contributed by atoms with Gasteiger partial charge < -0.3 is 0 Å². The van der Waals surface area contributed by atoms with Crippen LogP contribution in [0.5, 0.6) is 0 Å². The third-order valence-electron chi connectivity index (χ3n) is 0.664. The lowest BCUT2D eigenvalue weighted by atomic mass is 10.4. The molecule has 0 heterocycles. The summed E-state index contributed by atoms with van der Waals surface area (Å²) in [6.45, 7) is 5.29. The number of allylic oxidation sites excluding steroid dienone is 1. The Morgan fingerprint density at radius 3 is 2.57 bits per heavy atom. The van der Waals surface area contributed by atoms with Crippen molar-refractivity contribution in [3.8, 4) is 0 Å². The van der Waals surface area contributed by atoms with E-state index in [1.54, 1.807) is 13.1 Å². The molecule has 0 aliphatic heterocycles. The van der Waals surface area contributed by atoms with Crippen LogP contribution in [0.25, 0.3) is 0 Å². The summed E-state index contributed by atoms with van der Waals surface area (Å²) in [7, 11) is 1.74. The molecule has 0 saturated heterocycles. The molecule has 0 aliphatic carbocycles. The van der Waals surface area contributed by atoms with Crippen molar-refractivity contribution < 1.29 is 0 Å². The second-order valence-electron chi connectivity index (χ2n) is 1.21. The summed E-state index contributed by atoms with van der Waals surface area (Å²) < 4.78 is 0. The molecule has 0 atom stereocenters. The zero-order chi connectivity index (χ0) is 5.70. The maximum absolute atomic E-state index is 3.84. The quantitative estimate of drug-likeness (QED) is 0.345. The van der Waals surface area contributed by atoms with Gasteiger partial charge in [-0.1, -0.05) is 6.58 Å². The summed E-state index contributed by atoms with van der Waals surface area (Å²) in [5, 5.41) is 0. The van der Waals surface area contributed by atoms with Gasteiger partial charge in [0.25, 0.3) is 0 Å². The van der Waals surface area contributed by atoms with Crippen molar-refractivity contribution in [1.82, 2.24) is 0 Å². The van der Waals surface area contributed by atoms with Crippen LogP contribution >= 0.6 is 0 Å². The third kappa shape index (κ3) is 3.01. The van der Waals surface area contributed by atoms with E-state index in [1.807, 2.05) is 6.92 Å². The van der Waals surface area contributed by atoms with Crippen LogP contribution in [-0.4, -0.2) is 12.8 Å². The smallest absolute Gasteiger partial charge is 0.0390 e. The first-order chi connectivity index (χ1) is 3.31. The van der Waals surface area contributed by atoms with Gasteiger partial charge in [0.05, 0.1) is 0 Å². The van der Waals surface area contributed by atoms with Crippen LogP contribution in [0, 0.1) is 0 Å². The Morgan fingerprint density at radius 2 is 2.43 bits per heavy atom. The molecule has 0 bridgehead atoms. The van der Waals surface area contributed by atoms with Gasteiger partial charge in [-0.2, -0.15) is 0 Å². The molecule has 0 aliphatic rings. The van der Waals surface area contributed by atoms with Gasteiger partial charge >= 0.3 is 0 Å². The Hall–Kier alpha value is -0.810. The van der Waals surface area contributed by atoms with Crippen LogP contribution < -0.4 is 0 Å². The average molecular weight is 95.1 g/mol. The lowest BCUT2D eigenvalue weighted by Crippen LogP contribution is -1.78. The van der Waals surface area contributed by atoms with Crippen molar-refractivity contribution in [1.29, 1.82) is 0 Å². The molecule has 0 aromatic rings.